The minimum atomic E-state index is -1.65. The van der Waals surface area contributed by atoms with Crippen LogP contribution in [0.15, 0.2) is 30.5 Å². The van der Waals surface area contributed by atoms with Crippen molar-refractivity contribution in [2.24, 2.45) is 5.92 Å². The maximum atomic E-state index is 6.31. The topological polar surface area (TPSA) is 27.1 Å². The van der Waals surface area contributed by atoms with E-state index in [1.54, 1.807) is 0 Å². The molecule has 1 aromatic heterocycles. The Labute approximate surface area is 129 Å². The predicted octanol–water partition coefficient (Wildman–Crippen LogP) is 4.69. The molecule has 0 aliphatic heterocycles. The molecular formula is C17H28N2OSi. The SMILES string of the molecule is C[C@@H](CO[Si](C)(C)C(C)(C)C)Cn1ncc2ccccc21. The Morgan fingerprint density at radius 1 is 1.24 bits per heavy atom. The minimum absolute atomic E-state index is 0.269. The molecule has 3 nitrogen and oxygen atoms in total. The summed E-state index contributed by atoms with van der Waals surface area (Å²) in [4.78, 5) is 0. The van der Waals surface area contributed by atoms with Gasteiger partial charge in [0.15, 0.2) is 8.32 Å². The molecule has 4 heteroatoms. The van der Waals surface area contributed by atoms with E-state index in [2.05, 4.69) is 74.8 Å². The zero-order valence-corrected chi connectivity index (χ0v) is 15.2. The molecule has 0 fully saturated rings. The molecule has 0 unspecified atom stereocenters. The van der Waals surface area contributed by atoms with Gasteiger partial charge in [-0.05, 0) is 30.1 Å². The average molecular weight is 305 g/mol. The van der Waals surface area contributed by atoms with Crippen LogP contribution in [0.2, 0.25) is 18.1 Å². The van der Waals surface area contributed by atoms with E-state index in [4.69, 9.17) is 4.43 Å². The third-order valence-corrected chi connectivity index (χ3v) is 9.07. The summed E-state index contributed by atoms with van der Waals surface area (Å²) in [6.07, 6.45) is 1.94. The highest BCUT2D eigenvalue weighted by atomic mass is 28.4. The fraction of sp³-hybridized carbons (Fsp3) is 0.588. The number of para-hydroxylation sites is 1. The van der Waals surface area contributed by atoms with E-state index < -0.39 is 8.32 Å². The zero-order valence-electron chi connectivity index (χ0n) is 14.2. The molecule has 0 amide bonds. The van der Waals surface area contributed by atoms with E-state index in [9.17, 15) is 0 Å². The highest BCUT2D eigenvalue weighted by Gasteiger charge is 2.37. The van der Waals surface area contributed by atoms with Crippen LogP contribution in [0.4, 0.5) is 0 Å². The molecule has 0 radical (unpaired) electrons. The molecule has 2 rings (SSSR count). The number of nitrogens with zero attached hydrogens (tertiary/aromatic N) is 2. The molecule has 2 aromatic rings. The van der Waals surface area contributed by atoms with Crippen molar-refractivity contribution in [1.82, 2.24) is 9.78 Å². The van der Waals surface area contributed by atoms with Gasteiger partial charge in [-0.2, -0.15) is 5.10 Å². The summed E-state index contributed by atoms with van der Waals surface area (Å²) in [7, 11) is -1.65. The minimum Gasteiger partial charge on any atom is -0.416 e. The lowest BCUT2D eigenvalue weighted by Gasteiger charge is -2.37. The molecule has 0 aliphatic rings. The smallest absolute Gasteiger partial charge is 0.191 e. The summed E-state index contributed by atoms with van der Waals surface area (Å²) >= 11 is 0. The van der Waals surface area contributed by atoms with Crippen LogP contribution in [0.1, 0.15) is 27.7 Å². The van der Waals surface area contributed by atoms with Crippen LogP contribution < -0.4 is 0 Å². The Kier molecular flexibility index (Phi) is 4.59. The van der Waals surface area contributed by atoms with Gasteiger partial charge < -0.3 is 4.43 Å². The van der Waals surface area contributed by atoms with E-state index in [-0.39, 0.29) is 5.04 Å². The van der Waals surface area contributed by atoms with Crippen LogP contribution in [0.3, 0.4) is 0 Å². The third-order valence-electron chi connectivity index (χ3n) is 4.57. The first-order valence-corrected chi connectivity index (χ1v) is 10.7. The highest BCUT2D eigenvalue weighted by Crippen LogP contribution is 2.36. The quantitative estimate of drug-likeness (QED) is 0.749. The van der Waals surface area contributed by atoms with Crippen molar-refractivity contribution >= 4 is 19.2 Å². The lowest BCUT2D eigenvalue weighted by atomic mass is 10.2. The molecule has 1 aromatic carbocycles. The van der Waals surface area contributed by atoms with Crippen LogP contribution >= 0.6 is 0 Å². The third kappa shape index (κ3) is 3.74. The van der Waals surface area contributed by atoms with Crippen molar-refractivity contribution in [2.75, 3.05) is 6.61 Å². The Morgan fingerprint density at radius 3 is 2.57 bits per heavy atom. The molecule has 1 heterocycles. The Hall–Kier alpha value is -1.13. The van der Waals surface area contributed by atoms with Gasteiger partial charge in [0.1, 0.15) is 0 Å². The molecule has 0 aliphatic carbocycles. The summed E-state index contributed by atoms with van der Waals surface area (Å²) in [5, 5.41) is 5.97. The second-order valence-corrected chi connectivity index (χ2v) is 12.4. The van der Waals surface area contributed by atoms with Crippen molar-refractivity contribution in [3.05, 3.63) is 30.5 Å². The fourth-order valence-corrected chi connectivity index (χ4v) is 3.22. The van der Waals surface area contributed by atoms with Gasteiger partial charge in [-0.1, -0.05) is 45.9 Å². The maximum Gasteiger partial charge on any atom is 0.191 e. The van der Waals surface area contributed by atoms with Gasteiger partial charge >= 0.3 is 0 Å². The van der Waals surface area contributed by atoms with E-state index in [1.807, 2.05) is 6.20 Å². The van der Waals surface area contributed by atoms with E-state index in [1.165, 1.54) is 10.9 Å². The molecular weight excluding hydrogens is 276 g/mol. The Morgan fingerprint density at radius 2 is 1.90 bits per heavy atom. The second-order valence-electron chi connectivity index (χ2n) is 7.56. The fourth-order valence-electron chi connectivity index (χ4n) is 2.09. The van der Waals surface area contributed by atoms with Crippen molar-refractivity contribution in [2.45, 2.75) is 52.4 Å². The Balaban J connectivity index is 1.98. The van der Waals surface area contributed by atoms with Gasteiger partial charge in [0.25, 0.3) is 0 Å². The number of aromatic nitrogens is 2. The molecule has 116 valence electrons. The average Bonchev–Trinajstić information content (AvgIpc) is 2.79. The van der Waals surface area contributed by atoms with Crippen LogP contribution in [-0.2, 0) is 11.0 Å². The lowest BCUT2D eigenvalue weighted by molar-refractivity contribution is 0.222. The van der Waals surface area contributed by atoms with Gasteiger partial charge in [-0.3, -0.25) is 4.68 Å². The van der Waals surface area contributed by atoms with Gasteiger partial charge in [0, 0.05) is 18.5 Å². The standard InChI is InChI=1S/C17H28N2OSi/c1-14(13-20-21(5,6)17(2,3)4)12-19-16-10-8-7-9-15(16)11-18-19/h7-11,14H,12-13H2,1-6H3/t14-/m1/s1. The molecule has 0 N–H and O–H groups in total. The van der Waals surface area contributed by atoms with E-state index in [0.29, 0.717) is 5.92 Å². The van der Waals surface area contributed by atoms with Crippen LogP contribution in [0, 0.1) is 5.92 Å². The number of hydrogen-bond acceptors (Lipinski definition) is 2. The first-order valence-electron chi connectivity index (χ1n) is 7.75. The number of benzene rings is 1. The van der Waals surface area contributed by atoms with E-state index >= 15 is 0 Å². The predicted molar refractivity (Wildman–Crippen MR) is 92.0 cm³/mol. The molecule has 0 spiro atoms. The largest absolute Gasteiger partial charge is 0.416 e. The first-order chi connectivity index (χ1) is 9.71. The van der Waals surface area contributed by atoms with Crippen molar-refractivity contribution in [3.63, 3.8) is 0 Å². The molecule has 0 bridgehead atoms. The summed E-state index contributed by atoms with van der Waals surface area (Å²) in [5.74, 6) is 0.461. The van der Waals surface area contributed by atoms with Gasteiger partial charge in [0.05, 0.1) is 11.7 Å². The first kappa shape index (κ1) is 16.2. The lowest BCUT2D eigenvalue weighted by Crippen LogP contribution is -2.42. The second kappa shape index (κ2) is 5.93. The molecule has 0 saturated heterocycles. The van der Waals surface area contributed by atoms with Crippen molar-refractivity contribution < 1.29 is 4.43 Å². The number of rotatable bonds is 5. The van der Waals surface area contributed by atoms with Crippen LogP contribution in [0.25, 0.3) is 10.9 Å². The van der Waals surface area contributed by atoms with Crippen molar-refractivity contribution in [3.8, 4) is 0 Å². The van der Waals surface area contributed by atoms with E-state index in [0.717, 1.165) is 13.2 Å². The van der Waals surface area contributed by atoms with Gasteiger partial charge in [-0.25, -0.2) is 0 Å². The maximum absolute atomic E-state index is 6.31. The van der Waals surface area contributed by atoms with Crippen LogP contribution in [-0.4, -0.2) is 24.7 Å². The number of hydrogen-bond donors (Lipinski definition) is 0. The monoisotopic (exact) mass is 304 g/mol. The molecule has 1 atom stereocenters. The summed E-state index contributed by atoms with van der Waals surface area (Å²) in [6.45, 7) is 15.4. The number of fused-ring (bicyclic) bond motifs is 1. The summed E-state index contributed by atoms with van der Waals surface area (Å²) in [5.41, 5.74) is 1.21. The van der Waals surface area contributed by atoms with Crippen LogP contribution in [0.5, 0.6) is 0 Å². The normalized spacial score (nSPS) is 14.6. The molecule has 0 saturated carbocycles. The molecule has 21 heavy (non-hydrogen) atoms. The van der Waals surface area contributed by atoms with Crippen molar-refractivity contribution in [1.29, 1.82) is 0 Å². The van der Waals surface area contributed by atoms with Gasteiger partial charge in [0.2, 0.25) is 0 Å². The summed E-state index contributed by atoms with van der Waals surface area (Å²) in [6, 6.07) is 8.36. The van der Waals surface area contributed by atoms with Gasteiger partial charge in [-0.15, -0.1) is 0 Å². The summed E-state index contributed by atoms with van der Waals surface area (Å²) < 4.78 is 8.41. The zero-order chi connectivity index (χ0) is 15.7. The highest BCUT2D eigenvalue weighted by molar-refractivity contribution is 6.74. The Bertz CT molecular complexity index is 598.